The van der Waals surface area contributed by atoms with Gasteiger partial charge in [0.15, 0.2) is 0 Å². The standard InChI is InChI=1S/C14H22O/c1-10(2)12-7-6-11(3)9-13(12)14-5-4-8-15-14/h4-5,8,10-13H,6-7,9H2,1-3H3. The Hall–Kier alpha value is -0.720. The van der Waals surface area contributed by atoms with Crippen molar-refractivity contribution in [3.63, 3.8) is 0 Å². The quantitative estimate of drug-likeness (QED) is 0.696. The van der Waals surface area contributed by atoms with Crippen LogP contribution in [0.1, 0.15) is 51.7 Å². The fourth-order valence-electron chi connectivity index (χ4n) is 3.03. The van der Waals surface area contributed by atoms with Crippen LogP contribution < -0.4 is 0 Å². The van der Waals surface area contributed by atoms with Gasteiger partial charge in [-0.3, -0.25) is 0 Å². The van der Waals surface area contributed by atoms with Crippen molar-refractivity contribution in [3.8, 4) is 0 Å². The first-order valence-electron chi connectivity index (χ1n) is 6.22. The van der Waals surface area contributed by atoms with E-state index >= 15 is 0 Å². The van der Waals surface area contributed by atoms with Crippen molar-refractivity contribution < 1.29 is 4.42 Å². The van der Waals surface area contributed by atoms with Gasteiger partial charge in [-0.25, -0.2) is 0 Å². The smallest absolute Gasteiger partial charge is 0.107 e. The molecule has 1 fully saturated rings. The first-order chi connectivity index (χ1) is 7.18. The summed E-state index contributed by atoms with van der Waals surface area (Å²) in [5, 5.41) is 0. The number of hydrogen-bond acceptors (Lipinski definition) is 1. The maximum Gasteiger partial charge on any atom is 0.107 e. The maximum absolute atomic E-state index is 5.60. The van der Waals surface area contributed by atoms with Crippen molar-refractivity contribution in [2.45, 2.75) is 46.0 Å². The summed E-state index contributed by atoms with van der Waals surface area (Å²) in [5.41, 5.74) is 0. The molecule has 0 N–H and O–H groups in total. The van der Waals surface area contributed by atoms with Gasteiger partial charge in [0.1, 0.15) is 5.76 Å². The van der Waals surface area contributed by atoms with Crippen molar-refractivity contribution >= 4 is 0 Å². The lowest BCUT2D eigenvalue weighted by Crippen LogP contribution is -2.25. The van der Waals surface area contributed by atoms with Gasteiger partial charge in [0.25, 0.3) is 0 Å². The normalized spacial score (nSPS) is 32.1. The van der Waals surface area contributed by atoms with Crippen LogP contribution in [0.3, 0.4) is 0 Å². The molecule has 1 saturated carbocycles. The Morgan fingerprint density at radius 2 is 2.13 bits per heavy atom. The zero-order valence-electron chi connectivity index (χ0n) is 10.1. The topological polar surface area (TPSA) is 13.1 Å². The van der Waals surface area contributed by atoms with E-state index in [0.29, 0.717) is 5.92 Å². The van der Waals surface area contributed by atoms with Crippen LogP contribution in [-0.2, 0) is 0 Å². The van der Waals surface area contributed by atoms with Crippen LogP contribution in [0.4, 0.5) is 0 Å². The molecule has 0 aromatic carbocycles. The summed E-state index contributed by atoms with van der Waals surface area (Å²) in [6.45, 7) is 7.06. The Morgan fingerprint density at radius 1 is 1.33 bits per heavy atom. The van der Waals surface area contributed by atoms with Crippen molar-refractivity contribution in [1.82, 2.24) is 0 Å². The van der Waals surface area contributed by atoms with Gasteiger partial charge in [-0.2, -0.15) is 0 Å². The molecule has 0 saturated heterocycles. The van der Waals surface area contributed by atoms with Crippen molar-refractivity contribution in [2.75, 3.05) is 0 Å². The van der Waals surface area contributed by atoms with E-state index in [1.54, 1.807) is 0 Å². The summed E-state index contributed by atoms with van der Waals surface area (Å²) in [5.74, 6) is 4.30. The molecule has 84 valence electrons. The van der Waals surface area contributed by atoms with Crippen LogP contribution in [-0.4, -0.2) is 0 Å². The van der Waals surface area contributed by atoms with Gasteiger partial charge in [0.05, 0.1) is 6.26 Å². The minimum atomic E-state index is 0.656. The van der Waals surface area contributed by atoms with Crippen molar-refractivity contribution in [3.05, 3.63) is 24.2 Å². The Kier molecular flexibility index (Phi) is 3.18. The van der Waals surface area contributed by atoms with E-state index in [0.717, 1.165) is 17.8 Å². The average Bonchev–Trinajstić information content (AvgIpc) is 2.69. The third-order valence-corrected chi connectivity index (χ3v) is 3.93. The monoisotopic (exact) mass is 206 g/mol. The van der Waals surface area contributed by atoms with Crippen LogP contribution >= 0.6 is 0 Å². The Bertz CT molecular complexity index is 286. The molecule has 3 unspecified atom stereocenters. The third kappa shape index (κ3) is 2.27. The Morgan fingerprint density at radius 3 is 2.73 bits per heavy atom. The zero-order chi connectivity index (χ0) is 10.8. The van der Waals surface area contributed by atoms with Gasteiger partial charge < -0.3 is 4.42 Å². The molecular weight excluding hydrogens is 184 g/mol. The minimum absolute atomic E-state index is 0.656. The lowest BCUT2D eigenvalue weighted by molar-refractivity contribution is 0.179. The molecule has 0 amide bonds. The first-order valence-corrected chi connectivity index (χ1v) is 6.22. The first kappa shape index (κ1) is 10.8. The van der Waals surface area contributed by atoms with E-state index in [1.165, 1.54) is 25.0 Å². The lowest BCUT2D eigenvalue weighted by Gasteiger charge is -2.36. The van der Waals surface area contributed by atoms with Crippen molar-refractivity contribution in [1.29, 1.82) is 0 Å². The van der Waals surface area contributed by atoms with Gasteiger partial charge in [-0.1, -0.05) is 27.2 Å². The van der Waals surface area contributed by atoms with E-state index in [-0.39, 0.29) is 0 Å². The molecule has 1 nitrogen and oxygen atoms in total. The molecule has 0 bridgehead atoms. The molecule has 1 aliphatic rings. The minimum Gasteiger partial charge on any atom is -0.469 e. The molecule has 1 aromatic rings. The van der Waals surface area contributed by atoms with Crippen LogP contribution in [0.15, 0.2) is 22.8 Å². The highest BCUT2D eigenvalue weighted by atomic mass is 16.3. The van der Waals surface area contributed by atoms with Crippen LogP contribution in [0.5, 0.6) is 0 Å². The second-order valence-electron chi connectivity index (χ2n) is 5.45. The molecule has 2 rings (SSSR count). The predicted octanol–water partition coefficient (Wildman–Crippen LogP) is 4.46. The molecule has 0 spiro atoms. The maximum atomic E-state index is 5.60. The summed E-state index contributed by atoms with van der Waals surface area (Å²) in [6.07, 6.45) is 5.87. The van der Waals surface area contributed by atoms with E-state index in [4.69, 9.17) is 4.42 Å². The number of hydrogen-bond donors (Lipinski definition) is 0. The zero-order valence-corrected chi connectivity index (χ0v) is 10.1. The molecule has 1 aromatic heterocycles. The largest absolute Gasteiger partial charge is 0.469 e. The molecule has 1 heterocycles. The summed E-state index contributed by atoms with van der Waals surface area (Å²) < 4.78 is 5.60. The van der Waals surface area contributed by atoms with E-state index in [1.807, 2.05) is 12.3 Å². The number of furan rings is 1. The fourth-order valence-corrected chi connectivity index (χ4v) is 3.03. The second-order valence-corrected chi connectivity index (χ2v) is 5.45. The Labute approximate surface area is 92.9 Å². The molecule has 0 aliphatic heterocycles. The van der Waals surface area contributed by atoms with Crippen LogP contribution in [0, 0.1) is 17.8 Å². The summed E-state index contributed by atoms with van der Waals surface area (Å²) in [7, 11) is 0. The molecule has 15 heavy (non-hydrogen) atoms. The number of rotatable bonds is 2. The summed E-state index contributed by atoms with van der Waals surface area (Å²) >= 11 is 0. The van der Waals surface area contributed by atoms with Crippen LogP contribution in [0.2, 0.25) is 0 Å². The summed E-state index contributed by atoms with van der Waals surface area (Å²) in [4.78, 5) is 0. The van der Waals surface area contributed by atoms with Gasteiger partial charge in [0, 0.05) is 5.92 Å². The van der Waals surface area contributed by atoms with Gasteiger partial charge >= 0.3 is 0 Å². The molecule has 1 heteroatoms. The lowest BCUT2D eigenvalue weighted by atomic mass is 9.69. The highest BCUT2D eigenvalue weighted by Gasteiger charge is 2.33. The average molecular weight is 206 g/mol. The van der Waals surface area contributed by atoms with E-state index in [9.17, 15) is 0 Å². The fraction of sp³-hybridized carbons (Fsp3) is 0.714. The SMILES string of the molecule is CC1CCC(C(C)C)C(c2ccco2)C1. The molecule has 1 aliphatic carbocycles. The third-order valence-electron chi connectivity index (χ3n) is 3.93. The van der Waals surface area contributed by atoms with Crippen molar-refractivity contribution in [2.24, 2.45) is 17.8 Å². The Balaban J connectivity index is 2.17. The van der Waals surface area contributed by atoms with Gasteiger partial charge in [-0.05, 0) is 42.7 Å². The van der Waals surface area contributed by atoms with E-state index in [2.05, 4.69) is 26.8 Å². The van der Waals surface area contributed by atoms with E-state index < -0.39 is 0 Å². The van der Waals surface area contributed by atoms with Crippen LogP contribution in [0.25, 0.3) is 0 Å². The predicted molar refractivity (Wildman–Crippen MR) is 62.8 cm³/mol. The molecular formula is C14H22O. The summed E-state index contributed by atoms with van der Waals surface area (Å²) in [6, 6.07) is 4.17. The van der Waals surface area contributed by atoms with Gasteiger partial charge in [0.2, 0.25) is 0 Å². The van der Waals surface area contributed by atoms with Gasteiger partial charge in [-0.15, -0.1) is 0 Å². The highest BCUT2D eigenvalue weighted by Crippen LogP contribution is 2.43. The molecule has 0 radical (unpaired) electrons. The molecule has 3 atom stereocenters. The highest BCUT2D eigenvalue weighted by molar-refractivity contribution is 5.09. The second kappa shape index (κ2) is 4.42.